The highest BCUT2D eigenvalue weighted by atomic mass is 35.5. The largest absolute Gasteiger partial charge is 0.459 e. The van der Waals surface area contributed by atoms with Crippen molar-refractivity contribution in [2.45, 2.75) is 11.8 Å². The molecule has 0 radical (unpaired) electrons. The number of rotatable bonds is 6. The van der Waals surface area contributed by atoms with Crippen molar-refractivity contribution in [1.29, 1.82) is 0 Å². The van der Waals surface area contributed by atoms with Crippen LogP contribution < -0.4 is 10.6 Å². The minimum absolute atomic E-state index is 0.160. The van der Waals surface area contributed by atoms with Gasteiger partial charge in [-0.05, 0) is 48.9 Å². The molecule has 0 unspecified atom stereocenters. The van der Waals surface area contributed by atoms with Crippen LogP contribution in [0.4, 0.5) is 11.4 Å². The van der Waals surface area contributed by atoms with Crippen LogP contribution in [-0.4, -0.2) is 17.6 Å². The average molecular weight is 401 g/mol. The summed E-state index contributed by atoms with van der Waals surface area (Å²) in [4.78, 5) is 25.2. The molecule has 2 N–H and O–H groups in total. The molecule has 27 heavy (non-hydrogen) atoms. The van der Waals surface area contributed by atoms with Gasteiger partial charge >= 0.3 is 0 Å². The maximum Gasteiger partial charge on any atom is 0.291 e. The third-order valence-corrected chi connectivity index (χ3v) is 5.18. The average Bonchev–Trinajstić information content (AvgIpc) is 3.19. The SMILES string of the molecule is Cc1ccc(NC(=O)CSc2ccccc2NC(=O)c2ccco2)cc1Cl. The molecule has 0 atom stereocenters. The van der Waals surface area contributed by atoms with Crippen molar-refractivity contribution in [3.8, 4) is 0 Å². The highest BCUT2D eigenvalue weighted by molar-refractivity contribution is 8.00. The first-order valence-electron chi connectivity index (χ1n) is 8.15. The molecular weight excluding hydrogens is 384 g/mol. The van der Waals surface area contributed by atoms with Gasteiger partial charge in [0.25, 0.3) is 5.91 Å². The predicted molar refractivity (Wildman–Crippen MR) is 109 cm³/mol. The maximum absolute atomic E-state index is 12.2. The number of hydrogen-bond acceptors (Lipinski definition) is 4. The lowest BCUT2D eigenvalue weighted by Gasteiger charge is -2.10. The minimum atomic E-state index is -0.341. The number of amides is 2. The molecule has 0 saturated carbocycles. The van der Waals surface area contributed by atoms with Gasteiger partial charge in [-0.3, -0.25) is 9.59 Å². The Bertz CT molecular complexity index is 958. The minimum Gasteiger partial charge on any atom is -0.459 e. The maximum atomic E-state index is 12.2. The number of benzene rings is 2. The summed E-state index contributed by atoms with van der Waals surface area (Å²) in [6.45, 7) is 1.90. The molecule has 1 aromatic heterocycles. The number of anilines is 2. The van der Waals surface area contributed by atoms with Gasteiger partial charge in [-0.1, -0.05) is 29.8 Å². The van der Waals surface area contributed by atoms with Crippen molar-refractivity contribution in [3.05, 3.63) is 77.2 Å². The van der Waals surface area contributed by atoms with Crippen LogP contribution in [0.15, 0.2) is 70.2 Å². The molecule has 0 saturated heterocycles. The fourth-order valence-corrected chi connectivity index (χ4v) is 3.29. The summed E-state index contributed by atoms with van der Waals surface area (Å²) in [5.41, 5.74) is 2.22. The van der Waals surface area contributed by atoms with Gasteiger partial charge in [0.05, 0.1) is 17.7 Å². The molecule has 0 aliphatic heterocycles. The van der Waals surface area contributed by atoms with Crippen molar-refractivity contribution >= 4 is 46.6 Å². The lowest BCUT2D eigenvalue weighted by molar-refractivity contribution is -0.113. The summed E-state index contributed by atoms with van der Waals surface area (Å²) >= 11 is 7.41. The van der Waals surface area contributed by atoms with E-state index in [1.165, 1.54) is 18.0 Å². The van der Waals surface area contributed by atoms with Crippen LogP contribution >= 0.6 is 23.4 Å². The number of carbonyl (C=O) groups is 2. The molecule has 1 heterocycles. The lowest BCUT2D eigenvalue weighted by Crippen LogP contribution is -2.15. The van der Waals surface area contributed by atoms with Gasteiger partial charge in [-0.2, -0.15) is 0 Å². The standard InChI is InChI=1S/C20H17ClN2O3S/c1-13-8-9-14(11-15(13)21)22-19(24)12-27-18-7-3-2-5-16(18)23-20(25)17-6-4-10-26-17/h2-11H,12H2,1H3,(H,22,24)(H,23,25). The molecule has 5 nitrogen and oxygen atoms in total. The van der Waals surface area contributed by atoms with Crippen molar-refractivity contribution in [1.82, 2.24) is 0 Å². The smallest absolute Gasteiger partial charge is 0.291 e. The van der Waals surface area contributed by atoms with Crippen molar-refractivity contribution < 1.29 is 14.0 Å². The second-order valence-corrected chi connectivity index (χ2v) is 7.15. The number of para-hydroxylation sites is 1. The Kier molecular flexibility index (Phi) is 6.21. The Morgan fingerprint density at radius 1 is 1.07 bits per heavy atom. The van der Waals surface area contributed by atoms with Gasteiger partial charge in [-0.15, -0.1) is 11.8 Å². The molecule has 2 aromatic carbocycles. The first-order chi connectivity index (χ1) is 13.0. The summed E-state index contributed by atoms with van der Waals surface area (Å²) in [6, 6.07) is 15.9. The molecule has 0 bridgehead atoms. The van der Waals surface area contributed by atoms with E-state index in [2.05, 4.69) is 10.6 Å². The molecule has 7 heteroatoms. The summed E-state index contributed by atoms with van der Waals surface area (Å²) in [5, 5.41) is 6.22. The Labute approximate surface area is 166 Å². The number of aryl methyl sites for hydroxylation is 1. The van der Waals surface area contributed by atoms with Crippen LogP contribution in [0.25, 0.3) is 0 Å². The zero-order chi connectivity index (χ0) is 19.2. The molecule has 0 aliphatic carbocycles. The van der Waals surface area contributed by atoms with E-state index in [1.807, 2.05) is 31.2 Å². The number of nitrogens with one attached hydrogen (secondary N) is 2. The number of thioether (sulfide) groups is 1. The molecule has 0 spiro atoms. The van der Waals surface area contributed by atoms with Crippen molar-refractivity contribution in [2.75, 3.05) is 16.4 Å². The van der Waals surface area contributed by atoms with Gasteiger partial charge in [0.2, 0.25) is 5.91 Å². The summed E-state index contributed by atoms with van der Waals surface area (Å²) < 4.78 is 5.10. The molecular formula is C20H17ClN2O3S. The lowest BCUT2D eigenvalue weighted by atomic mass is 10.2. The fraction of sp³-hybridized carbons (Fsp3) is 0.100. The van der Waals surface area contributed by atoms with E-state index in [4.69, 9.17) is 16.0 Å². The van der Waals surface area contributed by atoms with Gasteiger partial charge in [0.15, 0.2) is 5.76 Å². The highest BCUT2D eigenvalue weighted by Gasteiger charge is 2.12. The fourth-order valence-electron chi connectivity index (χ4n) is 2.30. The topological polar surface area (TPSA) is 71.3 Å². The van der Waals surface area contributed by atoms with E-state index in [9.17, 15) is 9.59 Å². The number of furan rings is 1. The number of carbonyl (C=O) groups excluding carboxylic acids is 2. The quantitative estimate of drug-likeness (QED) is 0.556. The van der Waals surface area contributed by atoms with Crippen LogP contribution in [0.1, 0.15) is 16.1 Å². The Morgan fingerprint density at radius 3 is 2.63 bits per heavy atom. The van der Waals surface area contributed by atoms with Gasteiger partial charge < -0.3 is 15.1 Å². The van der Waals surface area contributed by atoms with E-state index >= 15 is 0 Å². The van der Waals surface area contributed by atoms with Crippen molar-refractivity contribution in [2.24, 2.45) is 0 Å². The third-order valence-electron chi connectivity index (χ3n) is 3.69. The third kappa shape index (κ3) is 5.15. The highest BCUT2D eigenvalue weighted by Crippen LogP contribution is 2.28. The molecule has 0 aliphatic rings. The Morgan fingerprint density at radius 2 is 1.89 bits per heavy atom. The van der Waals surface area contributed by atoms with Crippen molar-refractivity contribution in [3.63, 3.8) is 0 Å². The van der Waals surface area contributed by atoms with E-state index < -0.39 is 0 Å². The summed E-state index contributed by atoms with van der Waals surface area (Å²) in [7, 11) is 0. The van der Waals surface area contributed by atoms with Crippen LogP contribution in [0, 0.1) is 6.92 Å². The first-order valence-corrected chi connectivity index (χ1v) is 9.52. The number of hydrogen-bond donors (Lipinski definition) is 2. The van der Waals surface area contributed by atoms with E-state index in [0.29, 0.717) is 16.4 Å². The number of halogens is 1. The molecule has 138 valence electrons. The van der Waals surface area contributed by atoms with Crippen LogP contribution in [0.2, 0.25) is 5.02 Å². The van der Waals surface area contributed by atoms with E-state index in [-0.39, 0.29) is 23.3 Å². The Balaban J connectivity index is 1.61. The first kappa shape index (κ1) is 19.1. The summed E-state index contributed by atoms with van der Waals surface area (Å²) in [5.74, 6) is -0.0817. The molecule has 3 aromatic rings. The van der Waals surface area contributed by atoms with E-state index in [0.717, 1.165) is 10.5 Å². The van der Waals surface area contributed by atoms with E-state index in [1.54, 1.807) is 30.3 Å². The monoisotopic (exact) mass is 400 g/mol. The Hall–Kier alpha value is -2.70. The zero-order valence-electron chi connectivity index (χ0n) is 14.5. The van der Waals surface area contributed by atoms with Crippen LogP contribution in [0.3, 0.4) is 0 Å². The van der Waals surface area contributed by atoms with Gasteiger partial charge in [-0.25, -0.2) is 0 Å². The molecule has 0 fully saturated rings. The van der Waals surface area contributed by atoms with Crippen LogP contribution in [-0.2, 0) is 4.79 Å². The van der Waals surface area contributed by atoms with Gasteiger partial charge in [0.1, 0.15) is 0 Å². The summed E-state index contributed by atoms with van der Waals surface area (Å²) in [6.07, 6.45) is 1.44. The second-order valence-electron chi connectivity index (χ2n) is 5.73. The normalized spacial score (nSPS) is 10.4. The van der Waals surface area contributed by atoms with Crippen LogP contribution in [0.5, 0.6) is 0 Å². The predicted octanol–water partition coefficient (Wildman–Crippen LogP) is 5.22. The second kappa shape index (κ2) is 8.79. The van der Waals surface area contributed by atoms with Gasteiger partial charge in [0, 0.05) is 15.6 Å². The zero-order valence-corrected chi connectivity index (χ0v) is 16.1. The molecule has 3 rings (SSSR count). The molecule has 2 amide bonds.